The van der Waals surface area contributed by atoms with E-state index in [1.807, 2.05) is 0 Å². The van der Waals surface area contributed by atoms with E-state index in [1.165, 1.54) is 35.3 Å². The van der Waals surface area contributed by atoms with Gasteiger partial charge in [-0.15, -0.1) is 5.10 Å². The summed E-state index contributed by atoms with van der Waals surface area (Å²) in [4.78, 5) is 14.8. The molecule has 0 saturated heterocycles. The molecule has 10 heteroatoms. The highest BCUT2D eigenvalue weighted by molar-refractivity contribution is 5.88. The van der Waals surface area contributed by atoms with E-state index in [0.29, 0.717) is 11.3 Å². The number of nitrogens with one attached hydrogen (secondary N) is 1. The monoisotopic (exact) mass is 365 g/mol. The zero-order chi connectivity index (χ0) is 18.9. The lowest BCUT2D eigenvalue weighted by Gasteiger charge is -2.07. The molecule has 0 atom stereocenters. The molecule has 0 saturated carbocycles. The molecule has 0 spiro atoms. The number of amides is 2. The van der Waals surface area contributed by atoms with Crippen molar-refractivity contribution in [3.63, 3.8) is 0 Å². The predicted octanol–water partition coefficient (Wildman–Crippen LogP) is 3.58. The number of carbonyl (C=O) groups excluding carboxylic acids is 1. The largest absolute Gasteiger partial charge is 0.416 e. The van der Waals surface area contributed by atoms with Crippen LogP contribution in [-0.4, -0.2) is 20.8 Å². The first-order valence-electron chi connectivity index (χ1n) is 7.20. The van der Waals surface area contributed by atoms with Crippen LogP contribution >= 0.6 is 0 Å². The number of nitrogens with zero attached hydrogens (tertiary/aromatic N) is 3. The average Bonchev–Trinajstić information content (AvgIpc) is 3.06. The Kier molecular flexibility index (Phi) is 4.33. The first-order chi connectivity index (χ1) is 12.2. The predicted molar refractivity (Wildman–Crippen MR) is 85.0 cm³/mol. The molecule has 26 heavy (non-hydrogen) atoms. The molecule has 0 bridgehead atoms. The summed E-state index contributed by atoms with van der Waals surface area (Å²) in [5.74, 6) is -0.568. The van der Waals surface area contributed by atoms with Gasteiger partial charge < -0.3 is 11.1 Å². The van der Waals surface area contributed by atoms with Gasteiger partial charge in [-0.05, 0) is 42.5 Å². The van der Waals surface area contributed by atoms with Crippen LogP contribution in [0.5, 0.6) is 0 Å². The second kappa shape index (κ2) is 6.47. The molecule has 6 nitrogen and oxygen atoms in total. The van der Waals surface area contributed by atoms with Crippen molar-refractivity contribution < 1.29 is 22.4 Å². The van der Waals surface area contributed by atoms with Gasteiger partial charge in [-0.1, -0.05) is 0 Å². The molecular weight excluding hydrogens is 354 g/mol. The number of benzene rings is 2. The highest BCUT2D eigenvalue weighted by atomic mass is 19.4. The van der Waals surface area contributed by atoms with E-state index < -0.39 is 23.6 Å². The second-order valence-electron chi connectivity index (χ2n) is 5.24. The highest BCUT2D eigenvalue weighted by Gasteiger charge is 2.30. The van der Waals surface area contributed by atoms with Crippen molar-refractivity contribution in [1.29, 1.82) is 0 Å². The Morgan fingerprint density at radius 1 is 1.12 bits per heavy atom. The van der Waals surface area contributed by atoms with Gasteiger partial charge in [0.05, 0.1) is 16.9 Å². The summed E-state index contributed by atoms with van der Waals surface area (Å²) in [7, 11) is 0. The number of rotatable bonds is 3. The Morgan fingerprint density at radius 2 is 1.81 bits per heavy atom. The molecule has 2 aromatic carbocycles. The zero-order valence-electron chi connectivity index (χ0n) is 13.0. The maximum atomic E-state index is 13.9. The average molecular weight is 365 g/mol. The number of aromatic nitrogens is 3. The van der Waals surface area contributed by atoms with Crippen molar-refractivity contribution in [2.45, 2.75) is 6.18 Å². The summed E-state index contributed by atoms with van der Waals surface area (Å²) in [6, 6.07) is 7.35. The quantitative estimate of drug-likeness (QED) is 0.696. The first-order valence-corrected chi connectivity index (χ1v) is 7.20. The summed E-state index contributed by atoms with van der Waals surface area (Å²) < 4.78 is 53.0. The lowest BCUT2D eigenvalue weighted by molar-refractivity contribution is -0.137. The van der Waals surface area contributed by atoms with E-state index in [1.54, 1.807) is 0 Å². The van der Waals surface area contributed by atoms with Gasteiger partial charge in [-0.2, -0.15) is 13.2 Å². The summed E-state index contributed by atoms with van der Waals surface area (Å²) in [6.07, 6.45) is -3.13. The normalized spacial score (nSPS) is 11.4. The lowest BCUT2D eigenvalue weighted by atomic mass is 10.2. The number of anilines is 1. The molecule has 0 aliphatic rings. The number of urea groups is 1. The Morgan fingerprint density at radius 3 is 2.38 bits per heavy atom. The van der Waals surface area contributed by atoms with Crippen LogP contribution in [0.25, 0.3) is 17.1 Å². The van der Waals surface area contributed by atoms with Crippen LogP contribution in [0, 0.1) is 5.82 Å². The molecule has 3 rings (SSSR count). The Balaban J connectivity index is 1.86. The number of halogens is 4. The molecule has 0 fully saturated rings. The topological polar surface area (TPSA) is 85.8 Å². The van der Waals surface area contributed by atoms with Crippen LogP contribution in [0.3, 0.4) is 0 Å². The van der Waals surface area contributed by atoms with Crippen molar-refractivity contribution in [1.82, 2.24) is 14.8 Å². The number of nitrogens with two attached hydrogens (primary N) is 1. The molecule has 3 aromatic rings. The highest BCUT2D eigenvalue weighted by Crippen LogP contribution is 2.29. The van der Waals surface area contributed by atoms with Crippen LogP contribution in [0.2, 0.25) is 0 Å². The summed E-state index contributed by atoms with van der Waals surface area (Å²) >= 11 is 0. The number of carbonyl (C=O) groups is 1. The van der Waals surface area contributed by atoms with Crippen LogP contribution < -0.4 is 11.1 Å². The maximum Gasteiger partial charge on any atom is 0.416 e. The Labute approximate surface area is 144 Å². The van der Waals surface area contributed by atoms with Gasteiger partial charge in [-0.3, -0.25) is 0 Å². The summed E-state index contributed by atoms with van der Waals surface area (Å²) in [5.41, 5.74) is 4.75. The Hall–Kier alpha value is -3.43. The van der Waals surface area contributed by atoms with Crippen molar-refractivity contribution in [2.24, 2.45) is 5.73 Å². The first kappa shape index (κ1) is 17.4. The van der Waals surface area contributed by atoms with Gasteiger partial charge in [0.2, 0.25) is 0 Å². The van der Waals surface area contributed by atoms with Gasteiger partial charge >= 0.3 is 12.2 Å². The maximum absolute atomic E-state index is 13.9. The fourth-order valence-electron chi connectivity index (χ4n) is 2.21. The van der Waals surface area contributed by atoms with Gasteiger partial charge in [0.25, 0.3) is 0 Å². The minimum absolute atomic E-state index is 0.0941. The third-order valence-corrected chi connectivity index (χ3v) is 3.44. The molecule has 1 heterocycles. The molecule has 0 radical (unpaired) electrons. The van der Waals surface area contributed by atoms with Crippen molar-refractivity contribution in [2.75, 3.05) is 5.32 Å². The van der Waals surface area contributed by atoms with Crippen LogP contribution in [0.1, 0.15) is 5.56 Å². The number of hydrogen-bond donors (Lipinski definition) is 2. The van der Waals surface area contributed by atoms with Gasteiger partial charge in [0, 0.05) is 5.56 Å². The van der Waals surface area contributed by atoms with Crippen LogP contribution in [0.15, 0.2) is 48.8 Å². The van der Waals surface area contributed by atoms with E-state index >= 15 is 0 Å². The number of alkyl halides is 3. The fourth-order valence-corrected chi connectivity index (χ4v) is 2.21. The molecule has 0 aliphatic heterocycles. The standard InChI is InChI=1S/C16H11F4N5O/c17-12-7-9(1-6-13(12)23-15(21)26)14-22-8-25(24-14)11-4-2-10(3-5-11)16(18,19)20/h1-8H,(H3,21,23,26). The van der Waals surface area contributed by atoms with Crippen molar-refractivity contribution in [3.05, 3.63) is 60.2 Å². The molecule has 0 unspecified atom stereocenters. The van der Waals surface area contributed by atoms with E-state index in [4.69, 9.17) is 5.73 Å². The third-order valence-electron chi connectivity index (χ3n) is 3.44. The molecule has 3 N–H and O–H groups in total. The molecular formula is C16H11F4N5O. The van der Waals surface area contributed by atoms with Crippen LogP contribution in [-0.2, 0) is 6.18 Å². The van der Waals surface area contributed by atoms with E-state index in [2.05, 4.69) is 15.4 Å². The van der Waals surface area contributed by atoms with E-state index in [0.717, 1.165) is 18.2 Å². The molecule has 2 amide bonds. The molecule has 1 aromatic heterocycles. The van der Waals surface area contributed by atoms with E-state index in [-0.39, 0.29) is 11.5 Å². The SMILES string of the molecule is NC(=O)Nc1ccc(-c2ncn(-c3ccc(C(F)(F)F)cc3)n2)cc1F. The fraction of sp³-hybridized carbons (Fsp3) is 0.0625. The minimum atomic E-state index is -4.43. The second-order valence-corrected chi connectivity index (χ2v) is 5.24. The molecule has 0 aliphatic carbocycles. The van der Waals surface area contributed by atoms with Gasteiger partial charge in [0.15, 0.2) is 5.82 Å². The Bertz CT molecular complexity index is 950. The number of primary amides is 1. The lowest BCUT2D eigenvalue weighted by Crippen LogP contribution is -2.19. The third kappa shape index (κ3) is 3.63. The smallest absolute Gasteiger partial charge is 0.351 e. The number of hydrogen-bond acceptors (Lipinski definition) is 3. The zero-order valence-corrected chi connectivity index (χ0v) is 13.0. The van der Waals surface area contributed by atoms with Crippen molar-refractivity contribution in [3.8, 4) is 17.1 Å². The van der Waals surface area contributed by atoms with Gasteiger partial charge in [-0.25, -0.2) is 18.9 Å². The van der Waals surface area contributed by atoms with Crippen LogP contribution in [0.4, 0.5) is 28.0 Å². The minimum Gasteiger partial charge on any atom is -0.351 e. The molecule has 134 valence electrons. The van der Waals surface area contributed by atoms with Gasteiger partial charge in [0.1, 0.15) is 12.1 Å². The van der Waals surface area contributed by atoms with Crippen molar-refractivity contribution >= 4 is 11.7 Å². The summed E-state index contributed by atoms with van der Waals surface area (Å²) in [6.45, 7) is 0. The van der Waals surface area contributed by atoms with E-state index in [9.17, 15) is 22.4 Å². The summed E-state index contributed by atoms with van der Waals surface area (Å²) in [5, 5.41) is 6.25.